The van der Waals surface area contributed by atoms with Crippen molar-refractivity contribution < 1.29 is 13.9 Å². The van der Waals surface area contributed by atoms with Gasteiger partial charge in [0.25, 0.3) is 0 Å². The number of carbonyl (C=O) groups is 1. The van der Waals surface area contributed by atoms with Crippen molar-refractivity contribution >= 4 is 28.3 Å². The molecule has 0 bridgehead atoms. The number of nitrogens with zero attached hydrogens (tertiary/aromatic N) is 2. The topological polar surface area (TPSA) is 60.6 Å². The minimum Gasteiger partial charge on any atom is -0.491 e. The van der Waals surface area contributed by atoms with Crippen molar-refractivity contribution in [3.63, 3.8) is 0 Å². The van der Waals surface area contributed by atoms with E-state index in [4.69, 9.17) is 4.74 Å². The van der Waals surface area contributed by atoms with E-state index in [1.54, 1.807) is 24.3 Å². The van der Waals surface area contributed by atoms with Crippen LogP contribution in [0.25, 0.3) is 10.9 Å². The number of hydrogen-bond acceptors (Lipinski definition) is 3. The Morgan fingerprint density at radius 2 is 1.93 bits per heavy atom. The summed E-state index contributed by atoms with van der Waals surface area (Å²) in [5, 5.41) is 4.10. The summed E-state index contributed by atoms with van der Waals surface area (Å²) in [7, 11) is 0. The highest BCUT2D eigenvalue weighted by Gasteiger charge is 2.22. The van der Waals surface area contributed by atoms with Crippen molar-refractivity contribution in [1.82, 2.24) is 9.88 Å². The van der Waals surface area contributed by atoms with Gasteiger partial charge in [0.2, 0.25) is 0 Å². The van der Waals surface area contributed by atoms with Gasteiger partial charge in [-0.2, -0.15) is 0 Å². The molecule has 1 aromatic heterocycles. The normalized spacial score (nSPS) is 14.3. The van der Waals surface area contributed by atoms with Gasteiger partial charge in [0, 0.05) is 60.7 Å². The second-order valence-electron chi connectivity index (χ2n) is 6.69. The Kier molecular flexibility index (Phi) is 5.32. The number of carbonyl (C=O) groups excluding carboxylic acids is 1. The predicted octanol–water partition coefficient (Wildman–Crippen LogP) is 3.87. The average Bonchev–Trinajstić information content (AvgIpc) is 3.21. The van der Waals surface area contributed by atoms with Crippen LogP contribution >= 0.6 is 0 Å². The zero-order valence-electron chi connectivity index (χ0n) is 15.5. The smallest absolute Gasteiger partial charge is 0.321 e. The van der Waals surface area contributed by atoms with Crippen LogP contribution in [0.2, 0.25) is 0 Å². The number of benzene rings is 2. The van der Waals surface area contributed by atoms with E-state index in [1.165, 1.54) is 11.1 Å². The number of piperazine rings is 1. The van der Waals surface area contributed by atoms with Gasteiger partial charge in [0.05, 0.1) is 0 Å². The van der Waals surface area contributed by atoms with Crippen LogP contribution in [0.15, 0.2) is 54.7 Å². The Morgan fingerprint density at radius 1 is 1.11 bits per heavy atom. The molecule has 1 fully saturated rings. The summed E-state index contributed by atoms with van der Waals surface area (Å²) >= 11 is 0. The van der Waals surface area contributed by atoms with Crippen LogP contribution in [0, 0.1) is 0 Å². The number of urea groups is 1. The van der Waals surface area contributed by atoms with Crippen LogP contribution in [0.3, 0.4) is 0 Å². The molecule has 0 aliphatic carbocycles. The van der Waals surface area contributed by atoms with E-state index in [-0.39, 0.29) is 12.6 Å². The number of H-pyrrole nitrogens is 1. The molecule has 4 rings (SSSR count). The molecule has 1 saturated heterocycles. The fourth-order valence-electron chi connectivity index (χ4n) is 3.52. The lowest BCUT2D eigenvalue weighted by Crippen LogP contribution is -2.50. The second-order valence-corrected chi connectivity index (χ2v) is 6.69. The van der Waals surface area contributed by atoms with Crippen LogP contribution < -0.4 is 15.0 Å². The van der Waals surface area contributed by atoms with Crippen molar-refractivity contribution in [1.29, 1.82) is 0 Å². The van der Waals surface area contributed by atoms with Gasteiger partial charge in [-0.05, 0) is 30.3 Å². The van der Waals surface area contributed by atoms with Crippen molar-refractivity contribution in [2.24, 2.45) is 0 Å². The molecule has 2 amide bonds. The van der Waals surface area contributed by atoms with E-state index in [0.717, 1.165) is 18.6 Å². The first-order chi connectivity index (χ1) is 13.7. The van der Waals surface area contributed by atoms with Gasteiger partial charge < -0.3 is 24.8 Å². The predicted molar refractivity (Wildman–Crippen MR) is 109 cm³/mol. The summed E-state index contributed by atoms with van der Waals surface area (Å²) in [5.41, 5.74) is 2.95. The Hall–Kier alpha value is -3.22. The molecule has 0 radical (unpaired) electrons. The molecule has 1 aliphatic heterocycles. The number of hydrogen-bond donors (Lipinski definition) is 2. The lowest BCUT2D eigenvalue weighted by atomic mass is 10.2. The van der Waals surface area contributed by atoms with Gasteiger partial charge in [-0.1, -0.05) is 12.1 Å². The summed E-state index contributed by atoms with van der Waals surface area (Å²) in [6.07, 6.45) is 1.95. The highest BCUT2D eigenvalue weighted by atomic mass is 19.1. The zero-order chi connectivity index (χ0) is 19.3. The Labute approximate surface area is 162 Å². The highest BCUT2D eigenvalue weighted by Crippen LogP contribution is 2.27. The van der Waals surface area contributed by atoms with Gasteiger partial charge in [0.1, 0.15) is 19.0 Å². The Bertz CT molecular complexity index is 950. The van der Waals surface area contributed by atoms with Gasteiger partial charge in [0.15, 0.2) is 0 Å². The molecule has 0 unspecified atom stereocenters. The summed E-state index contributed by atoms with van der Waals surface area (Å²) in [5.74, 6) is 0.542. The lowest BCUT2D eigenvalue weighted by molar-refractivity contribution is 0.208. The SMILES string of the molecule is O=C(Nc1cccc(OCCF)c1)N1CCN(c2cccc3[nH]ccc23)CC1. The molecule has 0 saturated carbocycles. The third kappa shape index (κ3) is 3.88. The number of rotatable bonds is 5. The molecule has 7 heteroatoms. The maximum absolute atomic E-state index is 12.6. The Balaban J connectivity index is 1.36. The molecule has 6 nitrogen and oxygen atoms in total. The Morgan fingerprint density at radius 3 is 2.75 bits per heavy atom. The van der Waals surface area contributed by atoms with Gasteiger partial charge >= 0.3 is 6.03 Å². The van der Waals surface area contributed by atoms with Crippen LogP contribution in [0.4, 0.5) is 20.6 Å². The number of aromatic amines is 1. The lowest BCUT2D eigenvalue weighted by Gasteiger charge is -2.36. The molecule has 146 valence electrons. The summed E-state index contributed by atoms with van der Waals surface area (Å²) in [6.45, 7) is 2.30. The van der Waals surface area contributed by atoms with Crippen molar-refractivity contribution in [3.05, 3.63) is 54.7 Å². The number of halogens is 1. The third-order valence-electron chi connectivity index (χ3n) is 4.91. The first-order valence-corrected chi connectivity index (χ1v) is 9.40. The van der Waals surface area contributed by atoms with E-state index in [9.17, 15) is 9.18 Å². The van der Waals surface area contributed by atoms with Gasteiger partial charge in [-0.3, -0.25) is 0 Å². The molecular formula is C21H23FN4O2. The second kappa shape index (κ2) is 8.21. The monoisotopic (exact) mass is 382 g/mol. The highest BCUT2D eigenvalue weighted by molar-refractivity contribution is 5.93. The number of ether oxygens (including phenoxy) is 1. The fraction of sp³-hybridized carbons (Fsp3) is 0.286. The summed E-state index contributed by atoms with van der Waals surface area (Å²) in [6, 6.07) is 15.2. The van der Waals surface area contributed by atoms with E-state index in [0.29, 0.717) is 24.5 Å². The average molecular weight is 382 g/mol. The van der Waals surface area contributed by atoms with Crippen LogP contribution in [-0.2, 0) is 0 Å². The van der Waals surface area contributed by atoms with E-state index in [2.05, 4.69) is 33.4 Å². The quantitative estimate of drug-likeness (QED) is 0.704. The maximum Gasteiger partial charge on any atom is 0.321 e. The van der Waals surface area contributed by atoms with Gasteiger partial charge in [-0.25, -0.2) is 9.18 Å². The van der Waals surface area contributed by atoms with Crippen LogP contribution in [0.5, 0.6) is 5.75 Å². The number of amides is 2. The summed E-state index contributed by atoms with van der Waals surface area (Å²) in [4.78, 5) is 20.0. The molecule has 0 atom stereocenters. The van der Waals surface area contributed by atoms with E-state index < -0.39 is 6.67 Å². The van der Waals surface area contributed by atoms with E-state index in [1.807, 2.05) is 17.2 Å². The minimum absolute atomic E-state index is 0.00720. The van der Waals surface area contributed by atoms with Crippen molar-refractivity contribution in [3.8, 4) is 5.75 Å². The van der Waals surface area contributed by atoms with Crippen molar-refractivity contribution in [2.75, 3.05) is 49.7 Å². The molecule has 1 aliphatic rings. The number of nitrogens with one attached hydrogen (secondary N) is 2. The van der Waals surface area contributed by atoms with Crippen molar-refractivity contribution in [2.45, 2.75) is 0 Å². The summed E-state index contributed by atoms with van der Waals surface area (Å²) < 4.78 is 17.5. The van der Waals surface area contributed by atoms with Crippen LogP contribution in [-0.4, -0.2) is 55.4 Å². The fourth-order valence-corrected chi connectivity index (χ4v) is 3.52. The number of aromatic nitrogens is 1. The molecule has 2 heterocycles. The molecule has 0 spiro atoms. The first kappa shape index (κ1) is 18.2. The molecule has 3 aromatic rings. The van der Waals surface area contributed by atoms with Crippen LogP contribution in [0.1, 0.15) is 0 Å². The minimum atomic E-state index is -0.544. The number of fused-ring (bicyclic) bond motifs is 1. The standard InChI is InChI=1S/C21H23FN4O2/c22-8-14-28-17-4-1-3-16(15-17)24-21(27)26-12-10-25(11-13-26)20-6-2-5-19-18(20)7-9-23-19/h1-7,9,15,23H,8,10-14H2,(H,24,27). The maximum atomic E-state index is 12.6. The molecule has 2 aromatic carbocycles. The molecule has 28 heavy (non-hydrogen) atoms. The van der Waals surface area contributed by atoms with Gasteiger partial charge in [-0.15, -0.1) is 0 Å². The molecular weight excluding hydrogens is 359 g/mol. The zero-order valence-corrected chi connectivity index (χ0v) is 15.5. The first-order valence-electron chi connectivity index (χ1n) is 9.40. The number of anilines is 2. The third-order valence-corrected chi connectivity index (χ3v) is 4.91. The largest absolute Gasteiger partial charge is 0.491 e. The van der Waals surface area contributed by atoms with E-state index >= 15 is 0 Å². The molecule has 2 N–H and O–H groups in total. The number of alkyl halides is 1.